The molecule has 3 aliphatic heterocycles. The van der Waals surface area contributed by atoms with Gasteiger partial charge < -0.3 is 43.7 Å². The van der Waals surface area contributed by atoms with E-state index in [4.69, 9.17) is 44.9 Å². The number of aliphatic carboxylic acids is 1. The van der Waals surface area contributed by atoms with E-state index in [1.807, 2.05) is 13.0 Å². The van der Waals surface area contributed by atoms with E-state index in [1.165, 1.54) is 55.8 Å². The molecule has 0 aromatic heterocycles. The van der Waals surface area contributed by atoms with Gasteiger partial charge >= 0.3 is 18.0 Å². The second-order valence-corrected chi connectivity index (χ2v) is 20.1. The number of nitrogens with one attached hydrogen (secondary N) is 1. The average Bonchev–Trinajstić information content (AvgIpc) is 3.88. The van der Waals surface area contributed by atoms with Crippen molar-refractivity contribution in [3.8, 4) is 5.75 Å². The summed E-state index contributed by atoms with van der Waals surface area (Å²) >= 11 is 6.76. The molecule has 3 aliphatic rings. The number of carboxylic acid groups (broad SMARTS) is 1. The first-order valence-corrected chi connectivity index (χ1v) is 23.6. The van der Waals surface area contributed by atoms with Gasteiger partial charge in [0.1, 0.15) is 40.7 Å². The Morgan fingerprint density at radius 2 is 1.85 bits per heavy atom. The lowest BCUT2D eigenvalue weighted by molar-refractivity contribution is -0.162. The van der Waals surface area contributed by atoms with Crippen molar-refractivity contribution in [3.05, 3.63) is 46.5 Å². The molecule has 2 unspecified atom stereocenters. The van der Waals surface area contributed by atoms with Crippen LogP contribution in [0.2, 0.25) is 5.02 Å². The molecule has 0 saturated carbocycles. The highest BCUT2D eigenvalue weighted by Gasteiger charge is 2.64. The van der Waals surface area contributed by atoms with Crippen LogP contribution in [-0.4, -0.2) is 145 Å². The molecule has 0 radical (unpaired) electrons. The number of anilines is 1. The first-order chi connectivity index (χ1) is 28.5. The van der Waals surface area contributed by atoms with Gasteiger partial charge in [0.05, 0.1) is 25.3 Å². The number of carboxylic acids is 1. The number of rotatable bonds is 14. The fourth-order valence-corrected chi connectivity index (χ4v) is 10.4. The van der Waals surface area contributed by atoms with Gasteiger partial charge in [-0.1, -0.05) is 63.9 Å². The third-order valence-corrected chi connectivity index (χ3v) is 15.1. The number of epoxide rings is 1. The Balaban J connectivity index is 1.58. The summed E-state index contributed by atoms with van der Waals surface area (Å²) in [6.45, 7) is 6.76. The number of amides is 3. The Morgan fingerprint density at radius 3 is 2.48 bits per heavy atom. The lowest BCUT2D eigenvalue weighted by atomic mass is 9.83. The number of alkyl carbamates (subject to hydrolysis) is 1. The number of likely N-dealkylation sites (N-methyl/N-ethyl adjacent to an activating group) is 1. The number of allylic oxidation sites excluding steroid dienone is 3. The van der Waals surface area contributed by atoms with Crippen LogP contribution in [0.5, 0.6) is 5.75 Å². The number of carbonyl (C=O) groups is 5. The summed E-state index contributed by atoms with van der Waals surface area (Å²) < 4.78 is 60.9. The van der Waals surface area contributed by atoms with Crippen LogP contribution >= 0.6 is 33.2 Å². The van der Waals surface area contributed by atoms with E-state index in [2.05, 4.69) is 5.32 Å². The Labute approximate surface area is 368 Å². The third kappa shape index (κ3) is 12.3. The van der Waals surface area contributed by atoms with E-state index in [1.54, 1.807) is 38.1 Å². The highest BCUT2D eigenvalue weighted by molar-refractivity contribution is 8.76. The number of nitrogens with zero attached hydrogens (tertiary/aromatic N) is 2. The van der Waals surface area contributed by atoms with Gasteiger partial charge in [-0.2, -0.15) is 8.42 Å². The number of benzene rings is 1. The Morgan fingerprint density at radius 1 is 1.18 bits per heavy atom. The van der Waals surface area contributed by atoms with Gasteiger partial charge in [0, 0.05) is 51.5 Å². The number of methoxy groups -OCH3 is 2. The van der Waals surface area contributed by atoms with Gasteiger partial charge in [0.15, 0.2) is 11.0 Å². The van der Waals surface area contributed by atoms with Gasteiger partial charge in [-0.25, -0.2) is 9.59 Å². The number of aliphatic hydroxyl groups is 1. The molecular weight excluding hydrogens is 882 g/mol. The standard InChI is InChI=1S/C39H54ClN3O15S3/c1-21-10-9-11-29(55-8)39(50)20-27(56-37(49)41-39)22(2)34-38(4,58-34)30(19-32(45)43(6)25-17-24(16-21)18-26(54-7)33(25)40)57-36(48)23(3)42(5)31(44)13-15-60-59-14-12-28(35(46)47)61(51,52)53/h9-11,17-18,22-23,27-30,34,50H,12-16,19-20H2,1-8H3,(H,41,49)(H,46,47)(H,51,52,53)/b11-9+,21-10+/t22-,23+,27+,28?,29-,30?,34+,38+,39+/m1/s1. The van der Waals surface area contributed by atoms with Crippen LogP contribution in [0.25, 0.3) is 0 Å². The van der Waals surface area contributed by atoms with Crippen molar-refractivity contribution in [3.63, 3.8) is 0 Å². The molecule has 1 aromatic rings. The number of fused-ring (bicyclic) bond motifs is 5. The number of hydrogen-bond donors (Lipinski definition) is 4. The summed E-state index contributed by atoms with van der Waals surface area (Å²) in [6.07, 6.45) is -0.0649. The fourth-order valence-electron chi connectivity index (χ4n) is 7.20. The second-order valence-electron chi connectivity index (χ2n) is 15.4. The molecule has 340 valence electrons. The zero-order chi connectivity index (χ0) is 45.6. The van der Waals surface area contributed by atoms with Gasteiger partial charge in [0.2, 0.25) is 11.8 Å². The Bertz CT molecular complexity index is 2000. The first kappa shape index (κ1) is 50.1. The molecule has 4 N–H and O–H groups in total. The minimum absolute atomic E-state index is 0.0425. The molecule has 61 heavy (non-hydrogen) atoms. The van der Waals surface area contributed by atoms with E-state index in [0.717, 1.165) is 21.9 Å². The molecule has 4 bridgehead atoms. The van der Waals surface area contributed by atoms with Crippen LogP contribution < -0.4 is 15.0 Å². The maximum absolute atomic E-state index is 14.2. The summed E-state index contributed by atoms with van der Waals surface area (Å²) in [5.74, 6) is -3.42. The van der Waals surface area contributed by atoms with Crippen molar-refractivity contribution in [1.82, 2.24) is 10.2 Å². The molecule has 2 saturated heterocycles. The number of hydrogen-bond acceptors (Lipinski definition) is 15. The average molecular weight is 937 g/mol. The molecule has 1 aromatic carbocycles. The minimum atomic E-state index is -4.77. The highest BCUT2D eigenvalue weighted by atomic mass is 35.5. The fraction of sp³-hybridized carbons (Fsp3) is 0.615. The lowest BCUT2D eigenvalue weighted by Crippen LogP contribution is -2.63. The number of halogens is 1. The largest absolute Gasteiger partial charge is 0.495 e. The smallest absolute Gasteiger partial charge is 0.409 e. The van der Waals surface area contributed by atoms with Gasteiger partial charge in [0.25, 0.3) is 10.1 Å². The summed E-state index contributed by atoms with van der Waals surface area (Å²) in [7, 11) is 3.33. The van der Waals surface area contributed by atoms with Crippen LogP contribution in [0.15, 0.2) is 35.9 Å². The molecule has 3 amide bonds. The van der Waals surface area contributed by atoms with Gasteiger partial charge in [-0.3, -0.25) is 24.3 Å². The number of ether oxygens (including phenoxy) is 5. The predicted molar refractivity (Wildman–Crippen MR) is 228 cm³/mol. The Hall–Kier alpha value is -3.57. The molecule has 2 fully saturated rings. The van der Waals surface area contributed by atoms with Crippen molar-refractivity contribution in [2.75, 3.05) is 44.7 Å². The highest BCUT2D eigenvalue weighted by Crippen LogP contribution is 2.49. The van der Waals surface area contributed by atoms with Crippen LogP contribution in [0.1, 0.15) is 58.9 Å². The second kappa shape index (κ2) is 20.7. The molecule has 0 aliphatic carbocycles. The van der Waals surface area contributed by atoms with Crippen molar-refractivity contribution >= 4 is 78.8 Å². The van der Waals surface area contributed by atoms with Crippen molar-refractivity contribution < 1.29 is 70.8 Å². The molecule has 22 heteroatoms. The summed E-state index contributed by atoms with van der Waals surface area (Å²) in [5.41, 5.74) is -1.20. The topological polar surface area (TPSA) is 248 Å². The number of carbonyl (C=O) groups excluding carboxylic acids is 4. The summed E-state index contributed by atoms with van der Waals surface area (Å²) in [5, 5.41) is 21.5. The van der Waals surface area contributed by atoms with Crippen molar-refractivity contribution in [2.45, 2.75) is 107 Å². The van der Waals surface area contributed by atoms with E-state index in [-0.39, 0.29) is 35.8 Å². The van der Waals surface area contributed by atoms with Crippen LogP contribution in [-0.2, 0) is 54.7 Å². The molecule has 4 rings (SSSR count). The Kier molecular flexibility index (Phi) is 17.0. The minimum Gasteiger partial charge on any atom is -0.495 e. The SMILES string of the molecule is COc1cc2cc(c1Cl)N(C)C(=O)CC(OC(=O)[C@H](C)N(C)C(=O)CCSSCCC(C(=O)O)S(=O)(=O)O)[C@]1(C)O[C@H]1[C@H](C)[C@@H]1C[C@@](O)(NC(=O)O1)[C@H](OC)/C=C/C=C(\C)C2. The van der Waals surface area contributed by atoms with E-state index >= 15 is 0 Å². The van der Waals surface area contributed by atoms with Crippen LogP contribution in [0, 0.1) is 5.92 Å². The zero-order valence-corrected chi connectivity index (χ0v) is 38.3. The van der Waals surface area contributed by atoms with Crippen molar-refractivity contribution in [2.24, 2.45) is 5.92 Å². The lowest BCUT2D eigenvalue weighted by Gasteiger charge is -2.42. The van der Waals surface area contributed by atoms with Gasteiger partial charge in [-0.15, -0.1) is 0 Å². The third-order valence-electron chi connectivity index (χ3n) is 11.1. The van der Waals surface area contributed by atoms with Crippen LogP contribution in [0.4, 0.5) is 10.5 Å². The molecule has 18 nitrogen and oxygen atoms in total. The normalized spacial score (nSPS) is 29.4. The summed E-state index contributed by atoms with van der Waals surface area (Å²) in [4.78, 5) is 67.8. The van der Waals surface area contributed by atoms with Crippen LogP contribution in [0.3, 0.4) is 0 Å². The predicted octanol–water partition coefficient (Wildman–Crippen LogP) is 4.02. The summed E-state index contributed by atoms with van der Waals surface area (Å²) in [6, 6.07) is 2.37. The van der Waals surface area contributed by atoms with Crippen molar-refractivity contribution in [1.29, 1.82) is 0 Å². The molecule has 9 atom stereocenters. The first-order valence-electron chi connectivity index (χ1n) is 19.3. The van der Waals surface area contributed by atoms with E-state index in [9.17, 15) is 37.5 Å². The maximum Gasteiger partial charge on any atom is 0.409 e. The zero-order valence-electron chi connectivity index (χ0n) is 35.1. The number of esters is 1. The molecule has 3 heterocycles. The quantitative estimate of drug-likeness (QED) is 0.0676. The molecule has 0 spiro atoms. The van der Waals surface area contributed by atoms with E-state index in [0.29, 0.717) is 17.9 Å². The van der Waals surface area contributed by atoms with Gasteiger partial charge in [-0.05, 0) is 51.3 Å². The maximum atomic E-state index is 14.2. The molecular formula is C39H54ClN3O15S3. The monoisotopic (exact) mass is 935 g/mol. The van der Waals surface area contributed by atoms with E-state index < -0.39 is 99.3 Å².